The lowest BCUT2D eigenvalue weighted by Crippen LogP contribution is -2.17. The predicted molar refractivity (Wildman–Crippen MR) is 140 cm³/mol. The lowest BCUT2D eigenvalue weighted by atomic mass is 10.1. The Morgan fingerprint density at radius 1 is 1.11 bits per heavy atom. The first-order chi connectivity index (χ1) is 16.9. The lowest BCUT2D eigenvalue weighted by Gasteiger charge is -2.12. The van der Waals surface area contributed by atoms with Crippen molar-refractivity contribution in [2.45, 2.75) is 6.61 Å². The highest BCUT2D eigenvalue weighted by Gasteiger charge is 2.23. The summed E-state index contributed by atoms with van der Waals surface area (Å²) in [5, 5.41) is 7.52. The molecular formula is C25H18Br2N4O4. The van der Waals surface area contributed by atoms with Crippen molar-refractivity contribution in [2.75, 3.05) is 5.32 Å². The number of amides is 1. The van der Waals surface area contributed by atoms with Gasteiger partial charge in [-0.25, -0.2) is 4.79 Å². The van der Waals surface area contributed by atoms with E-state index in [9.17, 15) is 9.59 Å². The largest absolute Gasteiger partial charge is 0.487 e. The minimum Gasteiger partial charge on any atom is -0.487 e. The van der Waals surface area contributed by atoms with Crippen molar-refractivity contribution in [3.05, 3.63) is 97.5 Å². The molecule has 5 aromatic rings. The molecule has 0 aliphatic carbocycles. The molecule has 0 aliphatic rings. The molecule has 0 radical (unpaired) electrons. The van der Waals surface area contributed by atoms with Gasteiger partial charge in [0.1, 0.15) is 18.1 Å². The highest BCUT2D eigenvalue weighted by atomic mass is 79.9. The van der Waals surface area contributed by atoms with Crippen molar-refractivity contribution in [2.24, 2.45) is 7.05 Å². The fraction of sp³-hybridized carbons (Fsp3) is 0.0800. The van der Waals surface area contributed by atoms with E-state index in [0.29, 0.717) is 33.8 Å². The molecule has 0 aliphatic heterocycles. The van der Waals surface area contributed by atoms with E-state index in [1.807, 2.05) is 55.6 Å². The number of nitrogens with one attached hydrogen (secondary N) is 2. The number of aryl methyl sites for hydroxylation is 1. The van der Waals surface area contributed by atoms with Crippen LogP contribution in [0, 0.1) is 0 Å². The van der Waals surface area contributed by atoms with Crippen LogP contribution >= 0.6 is 31.9 Å². The monoisotopic (exact) mass is 596 g/mol. The van der Waals surface area contributed by atoms with Crippen molar-refractivity contribution in [3.8, 4) is 17.1 Å². The van der Waals surface area contributed by atoms with Crippen LogP contribution in [0.5, 0.6) is 5.75 Å². The van der Waals surface area contributed by atoms with Crippen molar-refractivity contribution < 1.29 is 14.1 Å². The van der Waals surface area contributed by atoms with E-state index in [1.54, 1.807) is 22.8 Å². The maximum absolute atomic E-state index is 13.5. The molecule has 10 heteroatoms. The van der Waals surface area contributed by atoms with Crippen LogP contribution in [-0.4, -0.2) is 20.6 Å². The molecule has 0 saturated heterocycles. The van der Waals surface area contributed by atoms with Gasteiger partial charge in [0.15, 0.2) is 5.82 Å². The van der Waals surface area contributed by atoms with Gasteiger partial charge >= 0.3 is 5.76 Å². The Bertz CT molecular complexity index is 1610. The number of aromatic amines is 1. The third-order valence-corrected chi connectivity index (χ3v) is 6.79. The van der Waals surface area contributed by atoms with Gasteiger partial charge < -0.3 is 14.6 Å². The molecule has 0 fully saturated rings. The normalized spacial score (nSPS) is 11.1. The Balaban J connectivity index is 1.50. The molecular weight excluding hydrogens is 580 g/mol. The highest BCUT2D eigenvalue weighted by molar-refractivity contribution is 9.11. The Morgan fingerprint density at radius 3 is 2.66 bits per heavy atom. The van der Waals surface area contributed by atoms with E-state index in [1.165, 1.54) is 0 Å². The average Bonchev–Trinajstić information content (AvgIpc) is 3.40. The first kappa shape index (κ1) is 23.1. The molecule has 35 heavy (non-hydrogen) atoms. The molecule has 0 saturated carbocycles. The zero-order chi connectivity index (χ0) is 24.5. The van der Waals surface area contributed by atoms with Gasteiger partial charge in [0.05, 0.1) is 15.7 Å². The number of para-hydroxylation sites is 1. The minimum atomic E-state index is -0.684. The number of nitrogens with zero attached hydrogens (tertiary/aromatic N) is 2. The van der Waals surface area contributed by atoms with Gasteiger partial charge in [0.25, 0.3) is 5.91 Å². The van der Waals surface area contributed by atoms with Crippen molar-refractivity contribution in [1.29, 1.82) is 0 Å². The quantitative estimate of drug-likeness (QED) is 0.255. The number of hydrogen-bond acceptors (Lipinski definition) is 5. The highest BCUT2D eigenvalue weighted by Crippen LogP contribution is 2.37. The van der Waals surface area contributed by atoms with Gasteiger partial charge in [-0.2, -0.15) is 0 Å². The summed E-state index contributed by atoms with van der Waals surface area (Å²) in [5.41, 5.74) is 3.21. The lowest BCUT2D eigenvalue weighted by molar-refractivity contribution is 0.101. The van der Waals surface area contributed by atoms with E-state index >= 15 is 0 Å². The smallest absolute Gasteiger partial charge is 0.439 e. The molecule has 3 aromatic carbocycles. The summed E-state index contributed by atoms with van der Waals surface area (Å²) in [7, 11) is 1.81. The second kappa shape index (κ2) is 9.55. The number of benzene rings is 3. The van der Waals surface area contributed by atoms with Crippen LogP contribution in [-0.2, 0) is 13.7 Å². The predicted octanol–water partition coefficient (Wildman–Crippen LogP) is 5.88. The third kappa shape index (κ3) is 4.54. The Labute approximate surface area is 216 Å². The maximum atomic E-state index is 13.5. The van der Waals surface area contributed by atoms with E-state index in [-0.39, 0.29) is 11.7 Å². The summed E-state index contributed by atoms with van der Waals surface area (Å²) in [4.78, 5) is 27.4. The number of fused-ring (bicyclic) bond motifs is 1. The van der Waals surface area contributed by atoms with Gasteiger partial charge in [-0.1, -0.05) is 63.6 Å². The van der Waals surface area contributed by atoms with Crippen LogP contribution in [0.3, 0.4) is 0 Å². The number of hydrogen-bond donors (Lipinski definition) is 2. The van der Waals surface area contributed by atoms with Crippen LogP contribution in [0.2, 0.25) is 0 Å². The second-order valence-electron chi connectivity index (χ2n) is 7.74. The minimum absolute atomic E-state index is 0.208. The standard InChI is InChI=1S/C25H18Br2N4O4/c1-31-21-16(8-5-9-19(21)34-13-14-6-3-2-4-7-14)20(27)22(31)24(32)28-18-11-10-15(26)12-17(18)23-29-25(33)35-30-23/h2-12H,13H2,1H3,(H,28,32)(H,29,30,33). The molecule has 1 amide bonds. The fourth-order valence-corrected chi connectivity index (χ4v) is 5.01. The first-order valence-electron chi connectivity index (χ1n) is 10.5. The van der Waals surface area contributed by atoms with Crippen LogP contribution < -0.4 is 15.8 Å². The molecule has 0 spiro atoms. The van der Waals surface area contributed by atoms with E-state index in [4.69, 9.17) is 4.74 Å². The summed E-state index contributed by atoms with van der Waals surface area (Å²) >= 11 is 7.01. The van der Waals surface area contributed by atoms with Crippen molar-refractivity contribution >= 4 is 54.4 Å². The number of carbonyl (C=O) groups excluding carboxylic acids is 1. The van der Waals surface area contributed by atoms with Gasteiger partial charge in [0, 0.05) is 22.5 Å². The molecule has 8 nitrogen and oxygen atoms in total. The number of aromatic nitrogens is 3. The number of ether oxygens (including phenoxy) is 1. The van der Waals surface area contributed by atoms with Crippen LogP contribution in [0.25, 0.3) is 22.3 Å². The third-order valence-electron chi connectivity index (χ3n) is 5.49. The Morgan fingerprint density at radius 2 is 1.91 bits per heavy atom. The average molecular weight is 598 g/mol. The number of anilines is 1. The first-order valence-corrected chi connectivity index (χ1v) is 12.1. The Hall–Kier alpha value is -3.63. The number of rotatable bonds is 6. The van der Waals surface area contributed by atoms with Crippen molar-refractivity contribution in [1.82, 2.24) is 14.7 Å². The summed E-state index contributed by atoms with van der Waals surface area (Å²) in [6.45, 7) is 0.405. The molecule has 0 bridgehead atoms. The molecule has 176 valence electrons. The molecule has 2 aromatic heterocycles. The molecule has 0 unspecified atom stereocenters. The summed E-state index contributed by atoms with van der Waals surface area (Å²) in [6.07, 6.45) is 0. The fourth-order valence-electron chi connectivity index (χ4n) is 3.88. The number of halogens is 2. The number of H-pyrrole nitrogens is 1. The molecule has 0 atom stereocenters. The van der Waals surface area contributed by atoms with E-state index in [0.717, 1.165) is 20.9 Å². The second-order valence-corrected chi connectivity index (χ2v) is 9.44. The number of carbonyl (C=O) groups is 1. The summed E-state index contributed by atoms with van der Waals surface area (Å²) in [6, 6.07) is 20.8. The van der Waals surface area contributed by atoms with Gasteiger partial charge in [-0.3, -0.25) is 14.3 Å². The summed E-state index contributed by atoms with van der Waals surface area (Å²) < 4.78 is 13.9. The molecule has 5 rings (SSSR count). The van der Waals surface area contributed by atoms with Gasteiger partial charge in [0.2, 0.25) is 0 Å². The molecule has 2 N–H and O–H groups in total. The van der Waals surface area contributed by atoms with Crippen LogP contribution in [0.15, 0.2) is 85.0 Å². The Kier molecular flexibility index (Phi) is 6.31. The summed E-state index contributed by atoms with van der Waals surface area (Å²) in [5.74, 6) is -0.159. The SMILES string of the molecule is Cn1c(C(=O)Nc2ccc(Br)cc2-c2noc(=O)[nH]2)c(Br)c2cccc(OCc3ccccc3)c21. The van der Waals surface area contributed by atoms with Gasteiger partial charge in [-0.15, -0.1) is 0 Å². The van der Waals surface area contributed by atoms with Crippen LogP contribution in [0.4, 0.5) is 5.69 Å². The zero-order valence-corrected chi connectivity index (χ0v) is 21.5. The topological polar surface area (TPSA) is 102 Å². The van der Waals surface area contributed by atoms with E-state index < -0.39 is 5.76 Å². The van der Waals surface area contributed by atoms with Crippen LogP contribution in [0.1, 0.15) is 16.1 Å². The maximum Gasteiger partial charge on any atom is 0.439 e. The molecule has 2 heterocycles. The zero-order valence-electron chi connectivity index (χ0n) is 18.3. The van der Waals surface area contributed by atoms with Gasteiger partial charge in [-0.05, 0) is 45.8 Å². The van der Waals surface area contributed by atoms with Crippen molar-refractivity contribution in [3.63, 3.8) is 0 Å². The van der Waals surface area contributed by atoms with E-state index in [2.05, 4.69) is 51.8 Å².